The van der Waals surface area contributed by atoms with Crippen LogP contribution in [0.3, 0.4) is 0 Å². The summed E-state index contributed by atoms with van der Waals surface area (Å²) in [6.45, 7) is 2.75. The molecule has 0 radical (unpaired) electrons. The number of methoxy groups -OCH3 is 1. The molecule has 1 fully saturated rings. The quantitative estimate of drug-likeness (QED) is 0.411. The van der Waals surface area contributed by atoms with Crippen molar-refractivity contribution in [3.63, 3.8) is 0 Å². The van der Waals surface area contributed by atoms with Crippen molar-refractivity contribution in [2.75, 3.05) is 31.8 Å². The van der Waals surface area contributed by atoms with Crippen LogP contribution in [-0.4, -0.2) is 57.7 Å². The number of rotatable bonds is 8. The SMILES string of the molecule is COc1ccc(-c2nnc(SCC(=O)NC3CCN(Cc4ccccc4)C3)n2N)cc1. The van der Waals surface area contributed by atoms with Gasteiger partial charge in [-0.15, -0.1) is 10.2 Å². The summed E-state index contributed by atoms with van der Waals surface area (Å²) < 4.78 is 6.58. The van der Waals surface area contributed by atoms with E-state index in [1.165, 1.54) is 22.0 Å². The summed E-state index contributed by atoms with van der Waals surface area (Å²) in [6.07, 6.45) is 0.956. The van der Waals surface area contributed by atoms with Crippen LogP contribution in [0.5, 0.6) is 5.75 Å². The van der Waals surface area contributed by atoms with Gasteiger partial charge < -0.3 is 15.9 Å². The molecule has 1 unspecified atom stereocenters. The van der Waals surface area contributed by atoms with E-state index in [2.05, 4.69) is 44.7 Å². The third-order valence-corrected chi connectivity index (χ3v) is 6.17. The van der Waals surface area contributed by atoms with Crippen LogP contribution in [0.4, 0.5) is 0 Å². The number of amides is 1. The van der Waals surface area contributed by atoms with Crippen LogP contribution in [0, 0.1) is 0 Å². The molecule has 1 saturated heterocycles. The molecule has 9 heteroatoms. The molecule has 1 aliphatic heterocycles. The Kier molecular flexibility index (Phi) is 6.73. The Morgan fingerprint density at radius 3 is 2.71 bits per heavy atom. The molecule has 31 heavy (non-hydrogen) atoms. The Hall–Kier alpha value is -3.04. The predicted octanol–water partition coefficient (Wildman–Crippen LogP) is 2.15. The number of nitrogen functional groups attached to an aromatic ring is 1. The highest BCUT2D eigenvalue weighted by molar-refractivity contribution is 7.99. The van der Waals surface area contributed by atoms with E-state index in [1.807, 2.05) is 30.3 Å². The summed E-state index contributed by atoms with van der Waals surface area (Å²) in [6, 6.07) is 18.0. The van der Waals surface area contributed by atoms with Gasteiger partial charge in [0.25, 0.3) is 0 Å². The molecule has 1 aliphatic rings. The van der Waals surface area contributed by atoms with Crippen molar-refractivity contribution < 1.29 is 9.53 Å². The van der Waals surface area contributed by atoms with Crippen LogP contribution in [0.1, 0.15) is 12.0 Å². The van der Waals surface area contributed by atoms with Crippen LogP contribution >= 0.6 is 11.8 Å². The Balaban J connectivity index is 1.26. The lowest BCUT2D eigenvalue weighted by Crippen LogP contribution is -2.38. The van der Waals surface area contributed by atoms with Crippen molar-refractivity contribution in [3.8, 4) is 17.1 Å². The number of hydrogen-bond donors (Lipinski definition) is 2. The fraction of sp³-hybridized carbons (Fsp3) is 0.318. The zero-order chi connectivity index (χ0) is 21.6. The van der Waals surface area contributed by atoms with E-state index in [1.54, 1.807) is 7.11 Å². The van der Waals surface area contributed by atoms with E-state index in [0.29, 0.717) is 11.0 Å². The lowest BCUT2D eigenvalue weighted by Gasteiger charge is -2.16. The smallest absolute Gasteiger partial charge is 0.230 e. The molecule has 1 amide bonds. The fourth-order valence-corrected chi connectivity index (χ4v) is 4.32. The lowest BCUT2D eigenvalue weighted by atomic mass is 10.2. The zero-order valence-electron chi connectivity index (χ0n) is 17.4. The summed E-state index contributed by atoms with van der Waals surface area (Å²) in [5.74, 6) is 7.67. The van der Waals surface area contributed by atoms with Gasteiger partial charge in [-0.3, -0.25) is 9.69 Å². The van der Waals surface area contributed by atoms with Crippen molar-refractivity contribution in [3.05, 3.63) is 60.2 Å². The maximum atomic E-state index is 12.4. The first-order valence-corrected chi connectivity index (χ1v) is 11.1. The number of benzene rings is 2. The fourth-order valence-electron chi connectivity index (χ4n) is 3.65. The van der Waals surface area contributed by atoms with Gasteiger partial charge in [0.2, 0.25) is 11.1 Å². The molecule has 1 atom stereocenters. The van der Waals surface area contributed by atoms with Crippen LogP contribution in [0.15, 0.2) is 59.8 Å². The minimum absolute atomic E-state index is 0.0226. The van der Waals surface area contributed by atoms with Crippen molar-refractivity contribution in [1.29, 1.82) is 0 Å². The average Bonchev–Trinajstić information content (AvgIpc) is 3.39. The van der Waals surface area contributed by atoms with Gasteiger partial charge in [-0.25, -0.2) is 4.68 Å². The summed E-state index contributed by atoms with van der Waals surface area (Å²) in [5.41, 5.74) is 2.12. The second-order valence-electron chi connectivity index (χ2n) is 7.47. The average molecular weight is 439 g/mol. The molecule has 2 aromatic carbocycles. The second-order valence-corrected chi connectivity index (χ2v) is 8.41. The Morgan fingerprint density at radius 1 is 1.19 bits per heavy atom. The predicted molar refractivity (Wildman–Crippen MR) is 121 cm³/mol. The van der Waals surface area contributed by atoms with Gasteiger partial charge in [-0.1, -0.05) is 42.1 Å². The number of nitrogens with two attached hydrogens (primary N) is 1. The number of carbonyl (C=O) groups is 1. The van der Waals surface area contributed by atoms with E-state index < -0.39 is 0 Å². The van der Waals surface area contributed by atoms with E-state index in [-0.39, 0.29) is 17.7 Å². The third kappa shape index (κ3) is 5.36. The van der Waals surface area contributed by atoms with Crippen LogP contribution in [-0.2, 0) is 11.3 Å². The van der Waals surface area contributed by atoms with Gasteiger partial charge in [-0.2, -0.15) is 0 Å². The van der Waals surface area contributed by atoms with Gasteiger partial charge >= 0.3 is 0 Å². The van der Waals surface area contributed by atoms with Gasteiger partial charge in [0, 0.05) is 31.2 Å². The number of hydrogen-bond acceptors (Lipinski definition) is 7. The van der Waals surface area contributed by atoms with Gasteiger partial charge in [0.05, 0.1) is 12.9 Å². The molecule has 0 bridgehead atoms. The number of nitrogens with one attached hydrogen (secondary N) is 1. The van der Waals surface area contributed by atoms with Gasteiger partial charge in [-0.05, 0) is 36.2 Å². The maximum absolute atomic E-state index is 12.4. The summed E-state index contributed by atoms with van der Waals surface area (Å²) >= 11 is 1.28. The first kappa shape index (κ1) is 21.2. The monoisotopic (exact) mass is 438 g/mol. The van der Waals surface area contributed by atoms with Gasteiger partial charge in [0.15, 0.2) is 5.82 Å². The molecular weight excluding hydrogens is 412 g/mol. The Morgan fingerprint density at radius 2 is 1.97 bits per heavy atom. The molecule has 1 aromatic heterocycles. The largest absolute Gasteiger partial charge is 0.497 e. The van der Waals surface area contributed by atoms with Crippen molar-refractivity contribution in [1.82, 2.24) is 25.1 Å². The molecule has 3 N–H and O–H groups in total. The topological polar surface area (TPSA) is 98.3 Å². The van der Waals surface area contributed by atoms with E-state index in [4.69, 9.17) is 10.6 Å². The van der Waals surface area contributed by atoms with Crippen LogP contribution < -0.4 is 15.9 Å². The Labute approximate surface area is 185 Å². The highest BCUT2D eigenvalue weighted by Crippen LogP contribution is 2.23. The van der Waals surface area contributed by atoms with Crippen molar-refractivity contribution >= 4 is 17.7 Å². The normalized spacial score (nSPS) is 16.4. The highest BCUT2D eigenvalue weighted by Gasteiger charge is 2.24. The molecule has 2 heterocycles. The molecule has 3 aromatic rings. The standard InChI is InChI=1S/C22H26N6O2S/c1-30-19-9-7-17(8-10-19)21-25-26-22(28(21)23)31-15-20(29)24-18-11-12-27(14-18)13-16-5-3-2-4-6-16/h2-10,18H,11-15,23H2,1H3,(H,24,29). The van der Waals surface area contributed by atoms with Crippen molar-refractivity contribution in [2.45, 2.75) is 24.2 Å². The third-order valence-electron chi connectivity index (χ3n) is 5.23. The van der Waals surface area contributed by atoms with E-state index >= 15 is 0 Å². The molecule has 8 nitrogen and oxygen atoms in total. The second kappa shape index (κ2) is 9.84. The molecule has 0 aliphatic carbocycles. The maximum Gasteiger partial charge on any atom is 0.230 e. The zero-order valence-corrected chi connectivity index (χ0v) is 18.2. The highest BCUT2D eigenvalue weighted by atomic mass is 32.2. The van der Waals surface area contributed by atoms with E-state index in [0.717, 1.165) is 37.4 Å². The number of nitrogens with zero attached hydrogens (tertiary/aromatic N) is 4. The number of aromatic nitrogens is 3. The van der Waals surface area contributed by atoms with Crippen LogP contribution in [0.2, 0.25) is 0 Å². The minimum atomic E-state index is -0.0226. The van der Waals surface area contributed by atoms with E-state index in [9.17, 15) is 4.79 Å². The summed E-state index contributed by atoms with van der Waals surface area (Å²) in [7, 11) is 1.62. The number of likely N-dealkylation sites (tertiary alicyclic amines) is 1. The molecule has 4 rings (SSSR count). The number of thioether (sulfide) groups is 1. The Bertz CT molecular complexity index is 1010. The number of carbonyl (C=O) groups excluding carboxylic acids is 1. The van der Waals surface area contributed by atoms with Crippen LogP contribution in [0.25, 0.3) is 11.4 Å². The first-order valence-electron chi connectivity index (χ1n) is 10.2. The number of ether oxygens (including phenoxy) is 1. The molecule has 162 valence electrons. The summed E-state index contributed by atoms with van der Waals surface area (Å²) in [5, 5.41) is 11.9. The lowest BCUT2D eigenvalue weighted by molar-refractivity contribution is -0.119. The molecule has 0 saturated carbocycles. The minimum Gasteiger partial charge on any atom is -0.497 e. The van der Waals surface area contributed by atoms with Gasteiger partial charge in [0.1, 0.15) is 5.75 Å². The molecule has 0 spiro atoms. The molecular formula is C22H26N6O2S. The first-order chi connectivity index (χ1) is 15.1. The van der Waals surface area contributed by atoms with Crippen molar-refractivity contribution in [2.24, 2.45) is 0 Å². The summed E-state index contributed by atoms with van der Waals surface area (Å²) in [4.78, 5) is 14.8.